The molecule has 27 heavy (non-hydrogen) atoms. The molecule has 3 N–H and O–H groups in total. The summed E-state index contributed by atoms with van der Waals surface area (Å²) in [6.07, 6.45) is 4.73. The molecule has 0 radical (unpaired) electrons. The summed E-state index contributed by atoms with van der Waals surface area (Å²) in [6.45, 7) is 7.51. The van der Waals surface area contributed by atoms with E-state index < -0.39 is 9.84 Å². The molecule has 0 aliphatic heterocycles. The monoisotopic (exact) mass is 506 g/mol. The van der Waals surface area contributed by atoms with Crippen LogP contribution in [0.1, 0.15) is 31.4 Å². The highest BCUT2D eigenvalue weighted by molar-refractivity contribution is 14.0. The maximum atomic E-state index is 11.3. The van der Waals surface area contributed by atoms with Crippen molar-refractivity contribution in [1.82, 2.24) is 15.6 Å². The van der Waals surface area contributed by atoms with Crippen LogP contribution in [0.3, 0.4) is 0 Å². The number of aromatic nitrogens is 1. The van der Waals surface area contributed by atoms with Gasteiger partial charge in [0.1, 0.15) is 9.84 Å². The number of sulfone groups is 1. The van der Waals surface area contributed by atoms with Gasteiger partial charge in [0.05, 0.1) is 5.75 Å². The van der Waals surface area contributed by atoms with Crippen LogP contribution in [-0.2, 0) is 16.3 Å². The second-order valence-electron chi connectivity index (χ2n) is 6.79. The summed E-state index contributed by atoms with van der Waals surface area (Å²) < 4.78 is 22.6. The first-order valence-corrected chi connectivity index (χ1v) is 11.1. The molecule has 2 rings (SSSR count). The summed E-state index contributed by atoms with van der Waals surface area (Å²) in [5.41, 5.74) is 3.69. The number of aryl methyl sites for hydroxylation is 1. The number of halogens is 1. The predicted octanol–water partition coefficient (Wildman–Crippen LogP) is 3.02. The molecule has 8 heteroatoms. The van der Waals surface area contributed by atoms with Crippen molar-refractivity contribution in [3.8, 4) is 0 Å². The van der Waals surface area contributed by atoms with Gasteiger partial charge in [0.2, 0.25) is 0 Å². The van der Waals surface area contributed by atoms with Crippen LogP contribution >= 0.6 is 24.0 Å². The fourth-order valence-electron chi connectivity index (χ4n) is 2.88. The second-order valence-corrected chi connectivity index (χ2v) is 9.05. The van der Waals surface area contributed by atoms with E-state index in [1.54, 1.807) is 0 Å². The normalized spacial score (nSPS) is 13.3. The molecular weight excluding hydrogens is 475 g/mol. The van der Waals surface area contributed by atoms with Crippen molar-refractivity contribution in [3.05, 3.63) is 35.5 Å². The minimum absolute atomic E-state index is 0. The number of H-pyrrole nitrogens is 1. The molecule has 1 aromatic heterocycles. The summed E-state index contributed by atoms with van der Waals surface area (Å²) in [5.74, 6) is 0.902. The fourth-order valence-corrected chi connectivity index (χ4v) is 3.66. The van der Waals surface area contributed by atoms with Crippen molar-refractivity contribution in [1.29, 1.82) is 0 Å². The van der Waals surface area contributed by atoms with Crippen LogP contribution in [0.15, 0.2) is 29.4 Å². The van der Waals surface area contributed by atoms with Gasteiger partial charge in [-0.15, -0.1) is 24.0 Å². The van der Waals surface area contributed by atoms with Crippen molar-refractivity contribution in [2.24, 2.45) is 4.99 Å². The molecule has 0 saturated heterocycles. The Morgan fingerprint density at radius 2 is 2.07 bits per heavy atom. The molecule has 0 aliphatic rings. The first-order valence-electron chi connectivity index (χ1n) is 9.08. The van der Waals surface area contributed by atoms with E-state index >= 15 is 0 Å². The number of aromatic amines is 1. The number of benzene rings is 1. The SMILES string of the molecule is CCNC(=NCCc1c[nH]c2c(C)cccc12)NC(C)CCS(C)(=O)=O.I. The standard InChI is InChI=1S/C19H30N4O2S.HI/c1-5-20-19(23-15(3)10-12-26(4,24)25)21-11-9-16-13-22-18-14(2)7-6-8-17(16)18;/h6-8,13,15,22H,5,9-12H2,1-4H3,(H2,20,21,23);1H. The van der Waals surface area contributed by atoms with E-state index in [4.69, 9.17) is 0 Å². The van der Waals surface area contributed by atoms with Crippen molar-refractivity contribution in [2.75, 3.05) is 25.1 Å². The van der Waals surface area contributed by atoms with Gasteiger partial charge in [-0.1, -0.05) is 18.2 Å². The lowest BCUT2D eigenvalue weighted by atomic mass is 10.1. The molecule has 1 aromatic carbocycles. The lowest BCUT2D eigenvalue weighted by Gasteiger charge is -2.17. The number of guanidine groups is 1. The van der Waals surface area contributed by atoms with Gasteiger partial charge >= 0.3 is 0 Å². The van der Waals surface area contributed by atoms with Gasteiger partial charge in [-0.05, 0) is 44.7 Å². The van der Waals surface area contributed by atoms with Crippen molar-refractivity contribution in [2.45, 2.75) is 39.7 Å². The lowest BCUT2D eigenvalue weighted by Crippen LogP contribution is -2.43. The third-order valence-corrected chi connectivity index (χ3v) is 5.29. The van der Waals surface area contributed by atoms with Gasteiger partial charge in [0.25, 0.3) is 0 Å². The molecular formula is C19H31IN4O2S. The van der Waals surface area contributed by atoms with Gasteiger partial charge in [-0.25, -0.2) is 8.42 Å². The summed E-state index contributed by atoms with van der Waals surface area (Å²) in [5, 5.41) is 7.75. The third-order valence-electron chi connectivity index (χ3n) is 4.31. The maximum Gasteiger partial charge on any atom is 0.191 e. The lowest BCUT2D eigenvalue weighted by molar-refractivity contribution is 0.581. The zero-order valence-corrected chi connectivity index (χ0v) is 19.6. The van der Waals surface area contributed by atoms with Gasteiger partial charge in [-0.2, -0.15) is 0 Å². The Kier molecular flexibility index (Phi) is 9.58. The molecule has 1 unspecified atom stereocenters. The number of rotatable bonds is 8. The molecule has 1 heterocycles. The van der Waals surface area contributed by atoms with Gasteiger partial charge < -0.3 is 15.6 Å². The number of fused-ring (bicyclic) bond motifs is 1. The molecule has 0 spiro atoms. The van der Waals surface area contributed by atoms with E-state index in [2.05, 4.69) is 51.9 Å². The van der Waals surface area contributed by atoms with Gasteiger partial charge in [-0.3, -0.25) is 4.99 Å². The van der Waals surface area contributed by atoms with Crippen molar-refractivity contribution < 1.29 is 8.42 Å². The molecule has 0 saturated carbocycles. The zero-order chi connectivity index (χ0) is 19.2. The molecule has 0 amide bonds. The molecule has 0 aliphatic carbocycles. The molecule has 2 aromatic rings. The zero-order valence-electron chi connectivity index (χ0n) is 16.5. The van der Waals surface area contributed by atoms with E-state index in [-0.39, 0.29) is 35.8 Å². The molecule has 6 nitrogen and oxygen atoms in total. The van der Waals surface area contributed by atoms with E-state index in [0.717, 1.165) is 18.9 Å². The van der Waals surface area contributed by atoms with Gasteiger partial charge in [0.15, 0.2) is 5.96 Å². The van der Waals surface area contributed by atoms with E-state index in [9.17, 15) is 8.42 Å². The summed E-state index contributed by atoms with van der Waals surface area (Å²) >= 11 is 0. The van der Waals surface area contributed by atoms with Crippen molar-refractivity contribution >= 4 is 50.7 Å². The number of hydrogen-bond donors (Lipinski definition) is 3. The Labute approximate surface area is 179 Å². The Bertz CT molecular complexity index is 862. The minimum Gasteiger partial charge on any atom is -0.361 e. The highest BCUT2D eigenvalue weighted by Gasteiger charge is 2.10. The predicted molar refractivity (Wildman–Crippen MR) is 125 cm³/mol. The number of nitrogens with zero attached hydrogens (tertiary/aromatic N) is 1. The van der Waals surface area contributed by atoms with Crippen LogP contribution < -0.4 is 10.6 Å². The van der Waals surface area contributed by atoms with Crippen LogP contribution in [0.5, 0.6) is 0 Å². The third kappa shape index (κ3) is 7.69. The Balaban J connectivity index is 0.00000364. The number of nitrogens with one attached hydrogen (secondary N) is 3. The van der Waals surface area contributed by atoms with Crippen LogP contribution in [0.4, 0.5) is 0 Å². The Hall–Kier alpha value is -1.29. The highest BCUT2D eigenvalue weighted by atomic mass is 127. The van der Waals surface area contributed by atoms with Crippen molar-refractivity contribution in [3.63, 3.8) is 0 Å². The van der Waals surface area contributed by atoms with E-state index in [1.807, 2.05) is 13.8 Å². The average Bonchev–Trinajstić information content (AvgIpc) is 2.97. The van der Waals surface area contributed by atoms with Crippen LogP contribution in [0, 0.1) is 6.92 Å². The number of aliphatic imine (C=N–C) groups is 1. The molecule has 152 valence electrons. The number of para-hydroxylation sites is 1. The summed E-state index contributed by atoms with van der Waals surface area (Å²) in [6, 6.07) is 6.35. The topological polar surface area (TPSA) is 86.3 Å². The first-order chi connectivity index (χ1) is 12.3. The van der Waals surface area contributed by atoms with Gasteiger partial charge in [0, 0.05) is 42.5 Å². The molecule has 0 bridgehead atoms. The quantitative estimate of drug-likeness (QED) is 0.292. The van der Waals surface area contributed by atoms with Crippen LogP contribution in [0.2, 0.25) is 0 Å². The Morgan fingerprint density at radius 1 is 1.33 bits per heavy atom. The Morgan fingerprint density at radius 3 is 2.74 bits per heavy atom. The summed E-state index contributed by atoms with van der Waals surface area (Å²) in [7, 11) is -2.94. The maximum absolute atomic E-state index is 11.3. The first kappa shape index (κ1) is 23.7. The number of hydrogen-bond acceptors (Lipinski definition) is 3. The van der Waals surface area contributed by atoms with E-state index in [0.29, 0.717) is 13.0 Å². The minimum atomic E-state index is -2.94. The smallest absolute Gasteiger partial charge is 0.191 e. The average molecular weight is 506 g/mol. The van der Waals surface area contributed by atoms with Crippen LogP contribution in [-0.4, -0.2) is 50.5 Å². The van der Waals surface area contributed by atoms with Crippen LogP contribution in [0.25, 0.3) is 10.9 Å². The fraction of sp³-hybridized carbons (Fsp3) is 0.526. The second kappa shape index (κ2) is 10.9. The molecule has 1 atom stereocenters. The highest BCUT2D eigenvalue weighted by Crippen LogP contribution is 2.21. The summed E-state index contributed by atoms with van der Waals surface area (Å²) in [4.78, 5) is 7.98. The largest absolute Gasteiger partial charge is 0.361 e. The van der Waals surface area contributed by atoms with E-state index in [1.165, 1.54) is 28.3 Å². The molecule has 0 fully saturated rings.